The number of phenols is 1. The van der Waals surface area contributed by atoms with Gasteiger partial charge in [-0.05, 0) is 49.6 Å². The van der Waals surface area contributed by atoms with Crippen molar-refractivity contribution < 1.29 is 9.84 Å². The number of phenolic OH excluding ortho intramolecular Hbond substituents is 1. The molecule has 0 radical (unpaired) electrons. The number of aromatic nitrogens is 1. The first-order valence-corrected chi connectivity index (χ1v) is 9.54. The van der Waals surface area contributed by atoms with Gasteiger partial charge in [-0.2, -0.15) is 5.10 Å². The molecule has 1 aromatic heterocycles. The van der Waals surface area contributed by atoms with E-state index in [1.165, 1.54) is 35.1 Å². The summed E-state index contributed by atoms with van der Waals surface area (Å²) in [5.41, 5.74) is 9.38. The maximum Gasteiger partial charge on any atom is 0.203 e. The predicted octanol–water partition coefficient (Wildman–Crippen LogP) is 5.55. The monoisotopic (exact) mass is 401 g/mol. The van der Waals surface area contributed by atoms with Crippen LogP contribution in [0, 0.1) is 20.8 Å². The third kappa shape index (κ3) is 4.23. The van der Waals surface area contributed by atoms with E-state index >= 15 is 0 Å². The van der Waals surface area contributed by atoms with E-state index in [4.69, 9.17) is 16.3 Å². The highest BCUT2D eigenvalue weighted by Gasteiger charge is 2.11. The fourth-order valence-electron chi connectivity index (χ4n) is 3.01. The summed E-state index contributed by atoms with van der Waals surface area (Å²) < 4.78 is 5.09. The van der Waals surface area contributed by atoms with E-state index in [0.717, 1.165) is 11.3 Å². The summed E-state index contributed by atoms with van der Waals surface area (Å²) in [6, 6.07) is 7.58. The molecular formula is C20H20ClN3O2S. The average molecular weight is 402 g/mol. The molecule has 3 aromatic rings. The zero-order valence-electron chi connectivity index (χ0n) is 15.5. The van der Waals surface area contributed by atoms with Crippen LogP contribution in [0.15, 0.2) is 34.7 Å². The molecule has 0 amide bonds. The Balaban J connectivity index is 1.78. The third-order valence-electron chi connectivity index (χ3n) is 4.08. The molecule has 0 saturated heterocycles. The Hall–Kier alpha value is -2.57. The Morgan fingerprint density at radius 1 is 1.19 bits per heavy atom. The Morgan fingerprint density at radius 2 is 1.89 bits per heavy atom. The largest absolute Gasteiger partial charge is 0.503 e. The van der Waals surface area contributed by atoms with Crippen LogP contribution in [0.2, 0.25) is 5.02 Å². The van der Waals surface area contributed by atoms with Crippen molar-refractivity contribution in [2.24, 2.45) is 5.10 Å². The highest BCUT2D eigenvalue weighted by molar-refractivity contribution is 7.14. The van der Waals surface area contributed by atoms with E-state index in [1.54, 1.807) is 18.3 Å². The van der Waals surface area contributed by atoms with E-state index < -0.39 is 0 Å². The van der Waals surface area contributed by atoms with Crippen molar-refractivity contribution in [3.05, 3.63) is 56.9 Å². The zero-order chi connectivity index (χ0) is 19.6. The molecule has 1 heterocycles. The number of aromatic hydroxyl groups is 1. The molecule has 2 aromatic carbocycles. The van der Waals surface area contributed by atoms with Crippen molar-refractivity contribution in [2.75, 3.05) is 12.5 Å². The van der Waals surface area contributed by atoms with E-state index in [9.17, 15) is 5.11 Å². The lowest BCUT2D eigenvalue weighted by atomic mass is 9.98. The first-order valence-electron chi connectivity index (χ1n) is 8.28. The summed E-state index contributed by atoms with van der Waals surface area (Å²) >= 11 is 7.47. The van der Waals surface area contributed by atoms with Gasteiger partial charge in [-0.3, -0.25) is 5.43 Å². The number of halogens is 1. The summed E-state index contributed by atoms with van der Waals surface area (Å²) in [6.45, 7) is 6.29. The maximum atomic E-state index is 9.77. The van der Waals surface area contributed by atoms with Crippen LogP contribution in [0.1, 0.15) is 22.3 Å². The van der Waals surface area contributed by atoms with Gasteiger partial charge in [0.25, 0.3) is 0 Å². The second-order valence-electron chi connectivity index (χ2n) is 6.24. The van der Waals surface area contributed by atoms with Crippen LogP contribution in [0.3, 0.4) is 0 Å². The van der Waals surface area contributed by atoms with Crippen LogP contribution < -0.4 is 10.2 Å². The van der Waals surface area contributed by atoms with Crippen molar-refractivity contribution in [1.29, 1.82) is 0 Å². The van der Waals surface area contributed by atoms with Crippen LogP contribution in [-0.2, 0) is 0 Å². The molecule has 0 aliphatic heterocycles. The lowest BCUT2D eigenvalue weighted by Crippen LogP contribution is -1.93. The average Bonchev–Trinajstić information content (AvgIpc) is 3.05. The first-order chi connectivity index (χ1) is 12.9. The topological polar surface area (TPSA) is 66.7 Å². The quantitative estimate of drug-likeness (QED) is 0.434. The maximum absolute atomic E-state index is 9.77. The fraction of sp³-hybridized carbons (Fsp3) is 0.200. The van der Waals surface area contributed by atoms with Gasteiger partial charge in [0, 0.05) is 10.9 Å². The lowest BCUT2D eigenvalue weighted by Gasteiger charge is -2.08. The number of thiazole rings is 1. The first kappa shape index (κ1) is 19.2. The molecular weight excluding hydrogens is 382 g/mol. The number of benzene rings is 2. The standard InChI is InChI=1S/C20H20ClN3O2S/c1-11-5-12(2)18(13(3)6-11)16-10-27-20(23-16)24-22-9-14-7-15(21)19(25)17(8-14)26-4/h5-10,25H,1-4H3,(H,23,24)/b22-9-. The number of nitrogens with one attached hydrogen (secondary N) is 1. The van der Waals surface area contributed by atoms with Gasteiger partial charge in [-0.15, -0.1) is 11.3 Å². The molecule has 0 atom stereocenters. The van der Waals surface area contributed by atoms with E-state index in [0.29, 0.717) is 16.4 Å². The Bertz CT molecular complexity index is 991. The van der Waals surface area contributed by atoms with E-state index in [1.807, 2.05) is 5.38 Å². The van der Waals surface area contributed by atoms with Gasteiger partial charge >= 0.3 is 0 Å². The van der Waals surface area contributed by atoms with Crippen molar-refractivity contribution in [3.8, 4) is 22.8 Å². The van der Waals surface area contributed by atoms with Crippen LogP contribution >= 0.6 is 22.9 Å². The van der Waals surface area contributed by atoms with E-state index in [2.05, 4.69) is 48.4 Å². The van der Waals surface area contributed by atoms with Gasteiger partial charge in [0.1, 0.15) is 0 Å². The SMILES string of the molecule is COc1cc(/C=N\Nc2nc(-c3c(C)cc(C)cc3C)cs2)cc(Cl)c1O. The van der Waals surface area contributed by atoms with Crippen molar-refractivity contribution >= 4 is 34.3 Å². The molecule has 0 saturated carbocycles. The summed E-state index contributed by atoms with van der Waals surface area (Å²) in [7, 11) is 1.47. The smallest absolute Gasteiger partial charge is 0.203 e. The van der Waals surface area contributed by atoms with Crippen molar-refractivity contribution in [1.82, 2.24) is 4.98 Å². The fourth-order valence-corrected chi connectivity index (χ4v) is 3.88. The summed E-state index contributed by atoms with van der Waals surface area (Å²) in [5.74, 6) is 0.212. The number of anilines is 1. The summed E-state index contributed by atoms with van der Waals surface area (Å²) in [4.78, 5) is 4.63. The van der Waals surface area contributed by atoms with Crippen LogP contribution in [0.4, 0.5) is 5.13 Å². The van der Waals surface area contributed by atoms with E-state index in [-0.39, 0.29) is 10.8 Å². The normalized spacial score (nSPS) is 11.1. The van der Waals surface area contributed by atoms with Crippen molar-refractivity contribution in [3.63, 3.8) is 0 Å². The number of hydrogen-bond acceptors (Lipinski definition) is 6. The minimum Gasteiger partial charge on any atom is -0.503 e. The molecule has 0 aliphatic rings. The number of hydrogen-bond donors (Lipinski definition) is 2. The van der Waals surface area contributed by atoms with Crippen LogP contribution in [0.25, 0.3) is 11.3 Å². The van der Waals surface area contributed by atoms with Gasteiger partial charge in [0.2, 0.25) is 5.13 Å². The van der Waals surface area contributed by atoms with Gasteiger partial charge in [0.05, 0.1) is 24.0 Å². The molecule has 2 N–H and O–H groups in total. The third-order valence-corrected chi connectivity index (χ3v) is 5.12. The molecule has 0 aliphatic carbocycles. The molecule has 0 unspecified atom stereocenters. The van der Waals surface area contributed by atoms with Crippen molar-refractivity contribution in [2.45, 2.75) is 20.8 Å². The number of aryl methyl sites for hydroxylation is 3. The number of hydrazone groups is 1. The Labute approximate surface area is 167 Å². The number of nitrogens with zero attached hydrogens (tertiary/aromatic N) is 2. The van der Waals surface area contributed by atoms with Gasteiger partial charge in [-0.1, -0.05) is 29.3 Å². The number of ether oxygens (including phenoxy) is 1. The summed E-state index contributed by atoms with van der Waals surface area (Å²) in [5, 5.41) is 16.9. The molecule has 7 heteroatoms. The number of methoxy groups -OCH3 is 1. The molecule has 0 spiro atoms. The highest BCUT2D eigenvalue weighted by Crippen LogP contribution is 2.34. The van der Waals surface area contributed by atoms with Crippen LogP contribution in [-0.4, -0.2) is 23.4 Å². The highest BCUT2D eigenvalue weighted by atomic mass is 35.5. The number of rotatable bonds is 5. The van der Waals surface area contributed by atoms with Gasteiger partial charge < -0.3 is 9.84 Å². The van der Waals surface area contributed by atoms with Gasteiger partial charge in [0.15, 0.2) is 11.5 Å². The molecule has 0 bridgehead atoms. The van der Waals surface area contributed by atoms with Gasteiger partial charge in [-0.25, -0.2) is 4.98 Å². The minimum atomic E-state index is -0.0855. The lowest BCUT2D eigenvalue weighted by molar-refractivity contribution is 0.373. The predicted molar refractivity (Wildman–Crippen MR) is 113 cm³/mol. The molecule has 5 nitrogen and oxygen atoms in total. The molecule has 27 heavy (non-hydrogen) atoms. The second-order valence-corrected chi connectivity index (χ2v) is 7.50. The zero-order valence-corrected chi connectivity index (χ0v) is 17.1. The second kappa shape index (κ2) is 7.98. The summed E-state index contributed by atoms with van der Waals surface area (Å²) in [6.07, 6.45) is 1.59. The molecule has 140 valence electrons. The Morgan fingerprint density at radius 3 is 2.56 bits per heavy atom. The minimum absolute atomic E-state index is 0.0855. The van der Waals surface area contributed by atoms with Crippen LogP contribution in [0.5, 0.6) is 11.5 Å². The molecule has 3 rings (SSSR count). The molecule has 0 fully saturated rings. The Kier molecular flexibility index (Phi) is 5.68.